The van der Waals surface area contributed by atoms with E-state index in [0.29, 0.717) is 30.7 Å². The summed E-state index contributed by atoms with van der Waals surface area (Å²) in [5.74, 6) is 0.139. The first kappa shape index (κ1) is 15.3. The number of hydrogen-bond acceptors (Lipinski definition) is 7. The number of anilines is 1. The van der Waals surface area contributed by atoms with Crippen molar-refractivity contribution < 1.29 is 14.6 Å². The maximum Gasteiger partial charge on any atom is 0.327 e. The molecule has 0 fully saturated rings. The SMILES string of the molecule is COCCOc1nc(N)c2[nH]c(=O)n(CCC(C)O)c2n1. The highest BCUT2D eigenvalue weighted by Gasteiger charge is 2.14. The van der Waals surface area contributed by atoms with Crippen LogP contribution in [0, 0.1) is 0 Å². The monoisotopic (exact) mass is 297 g/mol. The molecule has 0 saturated heterocycles. The van der Waals surface area contributed by atoms with Crippen LogP contribution in [0.25, 0.3) is 11.2 Å². The van der Waals surface area contributed by atoms with Crippen molar-refractivity contribution in [3.8, 4) is 6.01 Å². The van der Waals surface area contributed by atoms with Crippen LogP contribution in [0.15, 0.2) is 4.79 Å². The molecule has 2 rings (SSSR count). The number of imidazole rings is 1. The second-order valence-electron chi connectivity index (χ2n) is 4.65. The second-order valence-corrected chi connectivity index (χ2v) is 4.65. The van der Waals surface area contributed by atoms with Crippen LogP contribution >= 0.6 is 0 Å². The number of aromatic amines is 1. The first-order valence-corrected chi connectivity index (χ1v) is 6.58. The fourth-order valence-corrected chi connectivity index (χ4v) is 1.84. The van der Waals surface area contributed by atoms with Crippen molar-refractivity contribution in [1.29, 1.82) is 0 Å². The quantitative estimate of drug-likeness (QED) is 0.587. The molecule has 0 radical (unpaired) electrons. The summed E-state index contributed by atoms with van der Waals surface area (Å²) in [7, 11) is 1.56. The van der Waals surface area contributed by atoms with Gasteiger partial charge >= 0.3 is 11.7 Å². The molecule has 1 atom stereocenters. The number of rotatable bonds is 7. The van der Waals surface area contributed by atoms with E-state index >= 15 is 0 Å². The van der Waals surface area contributed by atoms with Gasteiger partial charge in [-0.25, -0.2) is 4.79 Å². The third kappa shape index (κ3) is 3.50. The number of aliphatic hydroxyl groups excluding tert-OH is 1. The minimum atomic E-state index is -0.515. The van der Waals surface area contributed by atoms with Crippen LogP contribution in [-0.2, 0) is 11.3 Å². The molecule has 4 N–H and O–H groups in total. The van der Waals surface area contributed by atoms with Crippen LogP contribution in [0.4, 0.5) is 5.82 Å². The van der Waals surface area contributed by atoms with E-state index in [1.807, 2.05) is 0 Å². The van der Waals surface area contributed by atoms with E-state index in [-0.39, 0.29) is 24.1 Å². The molecule has 116 valence electrons. The Morgan fingerprint density at radius 1 is 1.43 bits per heavy atom. The Morgan fingerprint density at radius 3 is 2.86 bits per heavy atom. The minimum absolute atomic E-state index is 0.0850. The van der Waals surface area contributed by atoms with Crippen LogP contribution in [0.2, 0.25) is 0 Å². The van der Waals surface area contributed by atoms with Gasteiger partial charge in [0.1, 0.15) is 12.1 Å². The first-order chi connectivity index (χ1) is 10.0. The van der Waals surface area contributed by atoms with E-state index in [0.717, 1.165) is 0 Å². The van der Waals surface area contributed by atoms with Gasteiger partial charge in [-0.05, 0) is 13.3 Å². The summed E-state index contributed by atoms with van der Waals surface area (Å²) in [6.07, 6.45) is -0.0881. The molecule has 2 aromatic rings. The molecule has 9 nitrogen and oxygen atoms in total. The summed E-state index contributed by atoms with van der Waals surface area (Å²) in [6.45, 7) is 2.65. The molecule has 0 bridgehead atoms. The average Bonchev–Trinajstić information content (AvgIpc) is 2.73. The van der Waals surface area contributed by atoms with E-state index in [2.05, 4.69) is 15.0 Å². The number of fused-ring (bicyclic) bond motifs is 1. The molecule has 0 aliphatic rings. The van der Waals surface area contributed by atoms with Crippen molar-refractivity contribution in [3.63, 3.8) is 0 Å². The number of nitrogen functional groups attached to an aromatic ring is 1. The number of methoxy groups -OCH3 is 1. The van der Waals surface area contributed by atoms with Crippen molar-refractivity contribution in [2.24, 2.45) is 0 Å². The lowest BCUT2D eigenvalue weighted by molar-refractivity contribution is 0.141. The number of nitrogens with zero attached hydrogens (tertiary/aromatic N) is 3. The summed E-state index contributed by atoms with van der Waals surface area (Å²) >= 11 is 0. The number of hydrogen-bond donors (Lipinski definition) is 3. The van der Waals surface area contributed by atoms with Gasteiger partial charge in [0, 0.05) is 13.7 Å². The van der Waals surface area contributed by atoms with Gasteiger partial charge in [-0.15, -0.1) is 0 Å². The van der Waals surface area contributed by atoms with E-state index in [4.69, 9.17) is 15.2 Å². The molecule has 2 aromatic heterocycles. The van der Waals surface area contributed by atoms with Gasteiger partial charge in [-0.1, -0.05) is 0 Å². The summed E-state index contributed by atoms with van der Waals surface area (Å²) < 4.78 is 11.6. The van der Waals surface area contributed by atoms with Gasteiger partial charge < -0.3 is 25.3 Å². The lowest BCUT2D eigenvalue weighted by atomic mass is 10.3. The lowest BCUT2D eigenvalue weighted by Gasteiger charge is -2.07. The van der Waals surface area contributed by atoms with E-state index in [1.54, 1.807) is 14.0 Å². The molecule has 2 heterocycles. The van der Waals surface area contributed by atoms with Crippen LogP contribution in [0.1, 0.15) is 13.3 Å². The Morgan fingerprint density at radius 2 is 2.19 bits per heavy atom. The van der Waals surface area contributed by atoms with Gasteiger partial charge in [0.25, 0.3) is 0 Å². The molecule has 0 aromatic carbocycles. The lowest BCUT2D eigenvalue weighted by Crippen LogP contribution is -2.19. The molecule has 9 heteroatoms. The maximum absolute atomic E-state index is 11.9. The standard InChI is InChI=1S/C12H19N5O4/c1-7(18)3-4-17-10-8(14-12(17)19)9(13)15-11(16-10)21-6-5-20-2/h7,18H,3-6H2,1-2H3,(H,14,19)(H2,13,15,16). The molecule has 21 heavy (non-hydrogen) atoms. The number of ether oxygens (including phenoxy) is 2. The fraction of sp³-hybridized carbons (Fsp3) is 0.583. The first-order valence-electron chi connectivity index (χ1n) is 6.58. The number of aryl methyl sites for hydroxylation is 1. The maximum atomic E-state index is 11.9. The number of aliphatic hydroxyl groups is 1. The predicted octanol–water partition coefficient (Wildman–Crippen LogP) is -0.502. The highest BCUT2D eigenvalue weighted by molar-refractivity contribution is 5.81. The number of nitrogens with two attached hydrogens (primary N) is 1. The summed E-state index contributed by atoms with van der Waals surface area (Å²) in [4.78, 5) is 22.7. The second kappa shape index (κ2) is 6.55. The van der Waals surface area contributed by atoms with Crippen molar-refractivity contribution in [3.05, 3.63) is 10.5 Å². The molecular weight excluding hydrogens is 278 g/mol. The Labute approximate surface area is 120 Å². The highest BCUT2D eigenvalue weighted by atomic mass is 16.5. The van der Waals surface area contributed by atoms with Crippen molar-refractivity contribution in [1.82, 2.24) is 19.5 Å². The van der Waals surface area contributed by atoms with Crippen LogP contribution in [0.3, 0.4) is 0 Å². The summed E-state index contributed by atoms with van der Waals surface area (Å²) in [6, 6.07) is 0.0850. The molecular formula is C12H19N5O4. The van der Waals surface area contributed by atoms with Crippen molar-refractivity contribution in [2.75, 3.05) is 26.1 Å². The number of H-pyrrole nitrogens is 1. The summed E-state index contributed by atoms with van der Waals surface area (Å²) in [5.41, 5.74) is 6.18. The van der Waals surface area contributed by atoms with Gasteiger partial charge in [0.2, 0.25) is 0 Å². The van der Waals surface area contributed by atoms with Crippen molar-refractivity contribution in [2.45, 2.75) is 26.0 Å². The molecule has 0 saturated carbocycles. The zero-order chi connectivity index (χ0) is 15.4. The topological polar surface area (TPSA) is 128 Å². The van der Waals surface area contributed by atoms with Crippen LogP contribution in [0.5, 0.6) is 6.01 Å². The third-order valence-corrected chi connectivity index (χ3v) is 2.92. The van der Waals surface area contributed by atoms with Gasteiger partial charge in [-0.2, -0.15) is 9.97 Å². The van der Waals surface area contributed by atoms with E-state index in [1.165, 1.54) is 4.57 Å². The zero-order valence-corrected chi connectivity index (χ0v) is 12.0. The smallest absolute Gasteiger partial charge is 0.327 e. The largest absolute Gasteiger partial charge is 0.461 e. The van der Waals surface area contributed by atoms with Gasteiger partial charge in [-0.3, -0.25) is 4.57 Å². The Hall–Kier alpha value is -2.13. The van der Waals surface area contributed by atoms with Gasteiger partial charge in [0.15, 0.2) is 11.5 Å². The molecule has 0 spiro atoms. The normalized spacial score (nSPS) is 12.7. The molecule has 0 aliphatic heterocycles. The zero-order valence-electron chi connectivity index (χ0n) is 12.0. The predicted molar refractivity (Wildman–Crippen MR) is 76.2 cm³/mol. The Bertz CT molecular complexity index is 663. The van der Waals surface area contributed by atoms with E-state index in [9.17, 15) is 9.90 Å². The number of nitrogens with one attached hydrogen (secondary N) is 1. The highest BCUT2D eigenvalue weighted by Crippen LogP contribution is 2.17. The van der Waals surface area contributed by atoms with Gasteiger partial charge in [0.05, 0.1) is 12.7 Å². The average molecular weight is 297 g/mol. The Kier molecular flexibility index (Phi) is 4.76. The van der Waals surface area contributed by atoms with E-state index < -0.39 is 6.10 Å². The molecule has 0 amide bonds. The molecule has 1 unspecified atom stereocenters. The summed E-state index contributed by atoms with van der Waals surface area (Å²) in [5, 5.41) is 9.35. The molecule has 0 aliphatic carbocycles. The Balaban J connectivity index is 2.35. The number of aromatic nitrogens is 4. The fourth-order valence-electron chi connectivity index (χ4n) is 1.84. The third-order valence-electron chi connectivity index (χ3n) is 2.92. The van der Waals surface area contributed by atoms with Crippen LogP contribution in [-0.4, -0.2) is 51.1 Å². The minimum Gasteiger partial charge on any atom is -0.461 e. The van der Waals surface area contributed by atoms with Crippen molar-refractivity contribution >= 4 is 17.0 Å². The van der Waals surface area contributed by atoms with Crippen LogP contribution < -0.4 is 16.2 Å².